The van der Waals surface area contributed by atoms with Crippen molar-refractivity contribution in [3.63, 3.8) is 0 Å². The molecular formula is C12H16ClN3O3. The Morgan fingerprint density at radius 3 is 2.84 bits per heavy atom. The minimum Gasteiger partial charge on any atom is -0.489 e. The summed E-state index contributed by atoms with van der Waals surface area (Å²) in [4.78, 5) is 29.7. The van der Waals surface area contributed by atoms with Gasteiger partial charge in [0.15, 0.2) is 5.15 Å². The molecule has 19 heavy (non-hydrogen) atoms. The molecule has 1 amide bonds. The average Bonchev–Trinajstić information content (AvgIpc) is 3.19. The highest BCUT2D eigenvalue weighted by Crippen LogP contribution is 2.26. The Bertz CT molecular complexity index is 540. The third kappa shape index (κ3) is 2.89. The largest absolute Gasteiger partial charge is 0.489 e. The number of hydrogen-bond acceptors (Lipinski definition) is 4. The summed E-state index contributed by atoms with van der Waals surface area (Å²) in [5, 5.41) is 0.00531. The average molecular weight is 286 g/mol. The predicted octanol–water partition coefficient (Wildman–Crippen LogP) is 0.916. The summed E-state index contributed by atoms with van der Waals surface area (Å²) in [6.07, 6.45) is 3.35. The van der Waals surface area contributed by atoms with Crippen molar-refractivity contribution in [3.05, 3.63) is 21.8 Å². The number of carbonyl (C=O) groups is 1. The van der Waals surface area contributed by atoms with Gasteiger partial charge in [0.05, 0.1) is 13.4 Å². The van der Waals surface area contributed by atoms with Crippen LogP contribution in [0.5, 0.6) is 5.75 Å². The molecule has 1 fully saturated rings. The molecule has 0 aromatic carbocycles. The zero-order valence-corrected chi connectivity index (χ0v) is 11.7. The SMILES string of the molecule is CCN(C(=O)Cn1cnc(Cl)c(OC)c1=O)C1CC1. The van der Waals surface area contributed by atoms with Gasteiger partial charge < -0.3 is 9.64 Å². The number of halogens is 1. The molecular weight excluding hydrogens is 270 g/mol. The molecule has 1 aliphatic carbocycles. The summed E-state index contributed by atoms with van der Waals surface area (Å²) < 4.78 is 6.11. The number of rotatable bonds is 5. The van der Waals surface area contributed by atoms with Gasteiger partial charge in [-0.2, -0.15) is 0 Å². The van der Waals surface area contributed by atoms with Gasteiger partial charge >= 0.3 is 0 Å². The number of carbonyl (C=O) groups excluding carboxylic acids is 1. The van der Waals surface area contributed by atoms with Crippen LogP contribution in [0, 0.1) is 0 Å². The molecule has 1 aromatic heterocycles. The second-order valence-corrected chi connectivity index (χ2v) is 4.77. The van der Waals surface area contributed by atoms with Crippen LogP contribution in [0.3, 0.4) is 0 Å². The molecule has 1 heterocycles. The van der Waals surface area contributed by atoms with Crippen molar-refractivity contribution in [2.45, 2.75) is 32.4 Å². The maximum atomic E-state index is 12.1. The van der Waals surface area contributed by atoms with E-state index in [-0.39, 0.29) is 23.4 Å². The van der Waals surface area contributed by atoms with Gasteiger partial charge in [0.2, 0.25) is 11.7 Å². The Morgan fingerprint density at radius 1 is 1.63 bits per heavy atom. The van der Waals surface area contributed by atoms with E-state index in [0.29, 0.717) is 12.6 Å². The van der Waals surface area contributed by atoms with Crippen LogP contribution in [0.15, 0.2) is 11.1 Å². The number of likely N-dealkylation sites (N-methyl/N-ethyl adjacent to an activating group) is 1. The van der Waals surface area contributed by atoms with Crippen molar-refractivity contribution >= 4 is 17.5 Å². The summed E-state index contributed by atoms with van der Waals surface area (Å²) >= 11 is 5.74. The monoisotopic (exact) mass is 285 g/mol. The molecule has 6 nitrogen and oxygen atoms in total. The first-order chi connectivity index (χ1) is 9.08. The molecule has 0 atom stereocenters. The first-order valence-corrected chi connectivity index (χ1v) is 6.54. The molecule has 1 saturated carbocycles. The van der Waals surface area contributed by atoms with Crippen LogP contribution in [-0.2, 0) is 11.3 Å². The number of nitrogens with zero attached hydrogens (tertiary/aromatic N) is 3. The van der Waals surface area contributed by atoms with Crippen molar-refractivity contribution in [1.29, 1.82) is 0 Å². The Labute approximate surface area is 115 Å². The lowest BCUT2D eigenvalue weighted by Gasteiger charge is -2.20. The van der Waals surface area contributed by atoms with Crippen molar-refractivity contribution in [2.75, 3.05) is 13.7 Å². The lowest BCUT2D eigenvalue weighted by atomic mass is 10.4. The second-order valence-electron chi connectivity index (χ2n) is 4.41. The minimum atomic E-state index is -0.442. The van der Waals surface area contributed by atoms with Gasteiger partial charge in [0, 0.05) is 12.6 Å². The van der Waals surface area contributed by atoms with E-state index in [2.05, 4.69) is 4.98 Å². The summed E-state index contributed by atoms with van der Waals surface area (Å²) in [6, 6.07) is 0.329. The van der Waals surface area contributed by atoms with E-state index in [1.54, 1.807) is 4.90 Å². The fourth-order valence-corrected chi connectivity index (χ4v) is 2.20. The maximum absolute atomic E-state index is 12.1. The Morgan fingerprint density at radius 2 is 2.32 bits per heavy atom. The fourth-order valence-electron chi connectivity index (χ4n) is 2.00. The molecule has 0 aliphatic heterocycles. The summed E-state index contributed by atoms with van der Waals surface area (Å²) in [6.45, 7) is 2.54. The second kappa shape index (κ2) is 5.61. The minimum absolute atomic E-state index is 0.00531. The highest BCUT2D eigenvalue weighted by molar-refractivity contribution is 6.30. The molecule has 0 N–H and O–H groups in total. The van der Waals surface area contributed by atoms with E-state index < -0.39 is 5.56 Å². The quantitative estimate of drug-likeness (QED) is 0.755. The number of methoxy groups -OCH3 is 1. The fraction of sp³-hybridized carbons (Fsp3) is 0.583. The van der Waals surface area contributed by atoms with Gasteiger partial charge in [0.25, 0.3) is 5.56 Å². The van der Waals surface area contributed by atoms with Crippen LogP contribution < -0.4 is 10.3 Å². The molecule has 0 unspecified atom stereocenters. The number of ether oxygens (including phenoxy) is 1. The van der Waals surface area contributed by atoms with Crippen molar-refractivity contribution in [2.24, 2.45) is 0 Å². The highest BCUT2D eigenvalue weighted by Gasteiger charge is 2.31. The Balaban J connectivity index is 2.19. The normalized spacial score (nSPS) is 14.3. The summed E-state index contributed by atoms with van der Waals surface area (Å²) in [5.74, 6) is -0.121. The standard InChI is InChI=1S/C12H16ClN3O3/c1-3-16(8-4-5-8)9(17)6-15-7-14-11(13)10(19-2)12(15)18/h7-8H,3-6H2,1-2H3. The summed E-state index contributed by atoms with van der Waals surface area (Å²) in [5.41, 5.74) is -0.442. The van der Waals surface area contributed by atoms with Gasteiger partial charge in [-0.05, 0) is 19.8 Å². The van der Waals surface area contributed by atoms with Crippen LogP contribution in [0.1, 0.15) is 19.8 Å². The van der Waals surface area contributed by atoms with Gasteiger partial charge in [-0.1, -0.05) is 11.6 Å². The predicted molar refractivity (Wildman–Crippen MR) is 70.5 cm³/mol. The van der Waals surface area contributed by atoms with E-state index in [1.807, 2.05) is 6.92 Å². The lowest BCUT2D eigenvalue weighted by Crippen LogP contribution is -2.38. The molecule has 0 spiro atoms. The smallest absolute Gasteiger partial charge is 0.297 e. The van der Waals surface area contributed by atoms with Crippen LogP contribution in [0.25, 0.3) is 0 Å². The van der Waals surface area contributed by atoms with Gasteiger partial charge in [-0.25, -0.2) is 4.98 Å². The van der Waals surface area contributed by atoms with E-state index in [9.17, 15) is 9.59 Å². The first kappa shape index (κ1) is 13.9. The zero-order chi connectivity index (χ0) is 14.0. The number of hydrogen-bond donors (Lipinski definition) is 0. The number of aromatic nitrogens is 2. The number of amides is 1. The Hall–Kier alpha value is -1.56. The molecule has 0 saturated heterocycles. The maximum Gasteiger partial charge on any atom is 0.297 e. The van der Waals surface area contributed by atoms with E-state index >= 15 is 0 Å². The van der Waals surface area contributed by atoms with E-state index in [0.717, 1.165) is 12.8 Å². The molecule has 1 aliphatic rings. The van der Waals surface area contributed by atoms with Crippen molar-refractivity contribution < 1.29 is 9.53 Å². The van der Waals surface area contributed by atoms with Gasteiger partial charge in [-0.15, -0.1) is 0 Å². The molecule has 0 radical (unpaired) electrons. The van der Waals surface area contributed by atoms with Crippen LogP contribution >= 0.6 is 11.6 Å². The highest BCUT2D eigenvalue weighted by atomic mass is 35.5. The molecule has 7 heteroatoms. The van der Waals surface area contributed by atoms with E-state index in [1.165, 1.54) is 18.0 Å². The molecule has 104 valence electrons. The molecule has 1 aromatic rings. The van der Waals surface area contributed by atoms with Crippen LogP contribution in [0.4, 0.5) is 0 Å². The topological polar surface area (TPSA) is 64.4 Å². The van der Waals surface area contributed by atoms with Crippen molar-refractivity contribution in [1.82, 2.24) is 14.5 Å². The van der Waals surface area contributed by atoms with E-state index in [4.69, 9.17) is 16.3 Å². The van der Waals surface area contributed by atoms with Crippen molar-refractivity contribution in [3.8, 4) is 5.75 Å². The van der Waals surface area contributed by atoms with Gasteiger partial charge in [-0.3, -0.25) is 14.2 Å². The first-order valence-electron chi connectivity index (χ1n) is 6.16. The third-order valence-electron chi connectivity index (χ3n) is 3.11. The van der Waals surface area contributed by atoms with Crippen LogP contribution in [0.2, 0.25) is 5.15 Å². The third-order valence-corrected chi connectivity index (χ3v) is 3.38. The summed E-state index contributed by atoms with van der Waals surface area (Å²) in [7, 11) is 1.35. The zero-order valence-electron chi connectivity index (χ0n) is 10.9. The Kier molecular flexibility index (Phi) is 4.09. The van der Waals surface area contributed by atoms with Crippen LogP contribution in [-0.4, -0.2) is 40.1 Å². The van der Waals surface area contributed by atoms with Gasteiger partial charge in [0.1, 0.15) is 6.54 Å². The molecule has 2 rings (SSSR count). The lowest BCUT2D eigenvalue weighted by molar-refractivity contribution is -0.132. The molecule has 0 bridgehead atoms.